The quantitative estimate of drug-likeness (QED) is 0.596. The van der Waals surface area contributed by atoms with Crippen LogP contribution in [0.1, 0.15) is 26.4 Å². The van der Waals surface area contributed by atoms with Gasteiger partial charge in [0.15, 0.2) is 3.95 Å². The van der Waals surface area contributed by atoms with Crippen LogP contribution in [0.15, 0.2) is 47.5 Å². The van der Waals surface area contributed by atoms with E-state index in [9.17, 15) is 15.0 Å². The van der Waals surface area contributed by atoms with E-state index >= 15 is 0 Å². The number of hydrogen-bond acceptors (Lipinski definition) is 5. The average Bonchev–Trinajstić information content (AvgIpc) is 3.17. The molecule has 2 heterocycles. The molecule has 0 spiro atoms. The van der Waals surface area contributed by atoms with E-state index in [0.29, 0.717) is 14.5 Å². The Kier molecular flexibility index (Phi) is 4.25. The number of aliphatic imine (C=N–C) groups is 1. The lowest BCUT2D eigenvalue weighted by Gasteiger charge is -2.09. The van der Waals surface area contributed by atoms with Gasteiger partial charge in [0.2, 0.25) is 5.88 Å². The van der Waals surface area contributed by atoms with Crippen molar-refractivity contribution in [3.63, 3.8) is 0 Å². The molecular formula is C20H14N2O3S2. The van der Waals surface area contributed by atoms with Crippen molar-refractivity contribution in [2.75, 3.05) is 0 Å². The van der Waals surface area contributed by atoms with Crippen LogP contribution < -0.4 is 0 Å². The second-order valence-electron chi connectivity index (χ2n) is 6.07. The number of rotatable bonds is 3. The molecule has 0 atom stereocenters. The fraction of sp³-hybridized carbons (Fsp3) is 0.0500. The largest absolute Gasteiger partial charge is 0.493 e. The topological polar surface area (TPSA) is 74.8 Å². The molecule has 0 saturated heterocycles. The van der Waals surface area contributed by atoms with E-state index in [1.54, 1.807) is 12.3 Å². The summed E-state index contributed by atoms with van der Waals surface area (Å²) < 4.78 is 1.94. The summed E-state index contributed by atoms with van der Waals surface area (Å²) in [5.74, 6) is -1.04. The molecule has 0 aliphatic carbocycles. The van der Waals surface area contributed by atoms with E-state index in [1.165, 1.54) is 28.0 Å². The number of aromatic carboxylic acids is 1. The summed E-state index contributed by atoms with van der Waals surface area (Å²) in [5, 5.41) is 20.0. The first-order chi connectivity index (χ1) is 13.0. The van der Waals surface area contributed by atoms with Gasteiger partial charge in [-0.1, -0.05) is 24.3 Å². The molecule has 1 aliphatic rings. The third-order valence-corrected chi connectivity index (χ3v) is 5.66. The monoisotopic (exact) mass is 394 g/mol. The van der Waals surface area contributed by atoms with Gasteiger partial charge < -0.3 is 10.2 Å². The number of para-hydroxylation sites is 1. The van der Waals surface area contributed by atoms with Crippen molar-refractivity contribution in [2.45, 2.75) is 6.92 Å². The summed E-state index contributed by atoms with van der Waals surface area (Å²) in [5.41, 5.74) is 4.28. The molecule has 5 nitrogen and oxygen atoms in total. The second kappa shape index (κ2) is 6.61. The average molecular weight is 394 g/mol. The summed E-state index contributed by atoms with van der Waals surface area (Å²) in [7, 11) is 0. The summed E-state index contributed by atoms with van der Waals surface area (Å²) in [4.78, 5) is 16.3. The molecule has 2 aromatic carbocycles. The van der Waals surface area contributed by atoms with Crippen LogP contribution >= 0.6 is 23.6 Å². The molecule has 7 heteroatoms. The van der Waals surface area contributed by atoms with Gasteiger partial charge in [-0.2, -0.15) is 0 Å². The van der Waals surface area contributed by atoms with E-state index < -0.39 is 5.97 Å². The van der Waals surface area contributed by atoms with Crippen LogP contribution in [0.25, 0.3) is 17.3 Å². The van der Waals surface area contributed by atoms with Gasteiger partial charge in [-0.25, -0.2) is 4.79 Å². The lowest BCUT2D eigenvalue weighted by atomic mass is 10.1. The third kappa shape index (κ3) is 3.01. The van der Waals surface area contributed by atoms with Gasteiger partial charge in [0.25, 0.3) is 0 Å². The van der Waals surface area contributed by atoms with Gasteiger partial charge in [-0.05, 0) is 49.0 Å². The number of allylic oxidation sites excluding steroid dienone is 1. The van der Waals surface area contributed by atoms with E-state index in [-0.39, 0.29) is 11.4 Å². The molecule has 3 aromatic rings. The van der Waals surface area contributed by atoms with Crippen molar-refractivity contribution in [2.24, 2.45) is 4.99 Å². The molecule has 1 aromatic heterocycles. The fourth-order valence-corrected chi connectivity index (χ4v) is 4.25. The van der Waals surface area contributed by atoms with Crippen LogP contribution in [0.5, 0.6) is 5.88 Å². The molecule has 0 unspecified atom stereocenters. The number of carboxylic acid groups (broad SMARTS) is 1. The van der Waals surface area contributed by atoms with Gasteiger partial charge in [0.05, 0.1) is 21.8 Å². The Bertz CT molecular complexity index is 1200. The standard InChI is InChI=1S/C20H14N2O3S2/c1-11-6-7-12(19(24)25)8-16(11)22-18(23)17(27-20(22)26)9-13-10-21-15-5-3-2-4-14(13)15/h2-10,23H,1H3,(H,24,25). The minimum Gasteiger partial charge on any atom is -0.493 e. The van der Waals surface area contributed by atoms with E-state index in [0.717, 1.165) is 22.4 Å². The second-order valence-corrected chi connectivity index (χ2v) is 7.75. The Labute approximate surface area is 164 Å². The summed E-state index contributed by atoms with van der Waals surface area (Å²) in [6.45, 7) is 1.85. The highest BCUT2D eigenvalue weighted by Gasteiger charge is 2.18. The smallest absolute Gasteiger partial charge is 0.335 e. The molecule has 4 rings (SSSR count). The number of nitrogens with zero attached hydrogens (tertiary/aromatic N) is 2. The zero-order valence-corrected chi connectivity index (χ0v) is 15.8. The Morgan fingerprint density at radius 2 is 2.04 bits per heavy atom. The Hall–Kier alpha value is -3.03. The van der Waals surface area contributed by atoms with Crippen molar-refractivity contribution in [3.05, 3.63) is 68.0 Å². The maximum absolute atomic E-state index is 11.3. The lowest BCUT2D eigenvalue weighted by molar-refractivity contribution is 0.0697. The normalized spacial score (nSPS) is 13.9. The molecule has 0 fully saturated rings. The summed E-state index contributed by atoms with van der Waals surface area (Å²) in [6, 6.07) is 12.5. The first-order valence-corrected chi connectivity index (χ1v) is 9.32. The highest BCUT2D eigenvalue weighted by molar-refractivity contribution is 7.73. The van der Waals surface area contributed by atoms with E-state index in [1.807, 2.05) is 37.3 Å². The number of benzene rings is 2. The van der Waals surface area contributed by atoms with E-state index in [4.69, 9.17) is 12.2 Å². The molecular weight excluding hydrogens is 380 g/mol. The Balaban J connectivity index is 1.84. The first-order valence-electron chi connectivity index (χ1n) is 8.10. The highest BCUT2D eigenvalue weighted by atomic mass is 32.1. The van der Waals surface area contributed by atoms with Crippen molar-refractivity contribution < 1.29 is 15.0 Å². The Morgan fingerprint density at radius 1 is 1.26 bits per heavy atom. The fourth-order valence-electron chi connectivity index (χ4n) is 2.97. The van der Waals surface area contributed by atoms with Crippen LogP contribution in [-0.4, -0.2) is 27.0 Å². The van der Waals surface area contributed by atoms with Crippen LogP contribution in [0.3, 0.4) is 0 Å². The molecule has 2 N–H and O–H groups in total. The molecule has 27 heavy (non-hydrogen) atoms. The highest BCUT2D eigenvalue weighted by Crippen LogP contribution is 2.37. The van der Waals surface area contributed by atoms with Crippen molar-refractivity contribution in [3.8, 4) is 11.6 Å². The minimum atomic E-state index is -1.03. The molecule has 0 radical (unpaired) electrons. The summed E-state index contributed by atoms with van der Waals surface area (Å²) >= 11 is 6.70. The van der Waals surface area contributed by atoms with Gasteiger partial charge in [0.1, 0.15) is 0 Å². The van der Waals surface area contributed by atoms with Crippen LogP contribution in [0.2, 0.25) is 0 Å². The molecule has 134 valence electrons. The SMILES string of the molecule is Cc1ccc(C(=O)O)cc1-n1c(O)c(C=C2C=Nc3ccccc32)sc1=S. The van der Waals surface area contributed by atoms with Crippen LogP contribution in [-0.2, 0) is 0 Å². The Morgan fingerprint density at radius 3 is 2.81 bits per heavy atom. The first kappa shape index (κ1) is 17.4. The van der Waals surface area contributed by atoms with Crippen molar-refractivity contribution in [1.29, 1.82) is 0 Å². The lowest BCUT2D eigenvalue weighted by Crippen LogP contribution is -2.02. The van der Waals surface area contributed by atoms with Crippen molar-refractivity contribution in [1.82, 2.24) is 4.57 Å². The number of fused-ring (bicyclic) bond motifs is 1. The third-order valence-electron chi connectivity index (χ3n) is 4.35. The van der Waals surface area contributed by atoms with E-state index in [2.05, 4.69) is 4.99 Å². The zero-order valence-electron chi connectivity index (χ0n) is 14.2. The van der Waals surface area contributed by atoms with Crippen LogP contribution in [0.4, 0.5) is 5.69 Å². The predicted molar refractivity (Wildman–Crippen MR) is 110 cm³/mol. The molecule has 0 bridgehead atoms. The van der Waals surface area contributed by atoms with Gasteiger partial charge in [-0.3, -0.25) is 9.56 Å². The molecule has 0 saturated carbocycles. The van der Waals surface area contributed by atoms with Crippen LogP contribution in [0, 0.1) is 10.9 Å². The molecule has 1 aliphatic heterocycles. The predicted octanol–water partition coefficient (Wildman–Crippen LogP) is 5.24. The number of hydrogen-bond donors (Lipinski definition) is 2. The number of thiazole rings is 1. The summed E-state index contributed by atoms with van der Waals surface area (Å²) in [6.07, 6.45) is 3.60. The van der Waals surface area contributed by atoms with Gasteiger partial charge >= 0.3 is 5.97 Å². The number of aromatic nitrogens is 1. The van der Waals surface area contributed by atoms with Crippen molar-refractivity contribution >= 4 is 53.1 Å². The van der Waals surface area contributed by atoms with Gasteiger partial charge in [-0.15, -0.1) is 11.3 Å². The zero-order chi connectivity index (χ0) is 19.1. The molecule has 0 amide bonds. The number of carboxylic acids is 1. The maximum atomic E-state index is 11.3. The number of carbonyl (C=O) groups is 1. The number of aryl methyl sites for hydroxylation is 1. The number of aromatic hydroxyl groups is 1. The van der Waals surface area contributed by atoms with Gasteiger partial charge in [0, 0.05) is 17.4 Å². The maximum Gasteiger partial charge on any atom is 0.335 e. The minimum absolute atomic E-state index is 0.0130.